The van der Waals surface area contributed by atoms with Crippen molar-refractivity contribution in [3.63, 3.8) is 0 Å². The summed E-state index contributed by atoms with van der Waals surface area (Å²) in [6, 6.07) is 8.61. The third kappa shape index (κ3) is 4.71. The fourth-order valence-corrected chi connectivity index (χ4v) is 1.68. The van der Waals surface area contributed by atoms with Gasteiger partial charge < -0.3 is 5.32 Å². The Hall–Kier alpha value is -0.960. The molecule has 1 rings (SSSR count). The lowest BCUT2D eigenvalue weighted by atomic mass is 10.1. The average Bonchev–Trinajstić information content (AvgIpc) is 2.31. The highest BCUT2D eigenvalue weighted by atomic mass is 32.1. The van der Waals surface area contributed by atoms with Gasteiger partial charge >= 0.3 is 0 Å². The molecule has 1 aromatic carbocycles. The highest BCUT2D eigenvalue weighted by Crippen LogP contribution is 2.06. The van der Waals surface area contributed by atoms with E-state index in [0.717, 1.165) is 12.8 Å². The minimum atomic E-state index is -0.00839. The van der Waals surface area contributed by atoms with Gasteiger partial charge in [-0.3, -0.25) is 4.79 Å². The Morgan fingerprint density at radius 2 is 1.75 bits per heavy atom. The number of aryl methyl sites for hydroxylation is 1. The van der Waals surface area contributed by atoms with Crippen LogP contribution in [0.2, 0.25) is 0 Å². The summed E-state index contributed by atoms with van der Waals surface area (Å²) in [5, 5.41) is 2.81. The maximum atomic E-state index is 11.0. The van der Waals surface area contributed by atoms with Crippen molar-refractivity contribution in [3.05, 3.63) is 35.4 Å². The lowest BCUT2D eigenvalue weighted by Gasteiger charge is -2.04. The molecule has 88 valence electrons. The van der Waals surface area contributed by atoms with Crippen molar-refractivity contribution in [1.29, 1.82) is 0 Å². The smallest absolute Gasteiger partial charge is 0.229 e. The predicted molar refractivity (Wildman–Crippen MR) is 71.0 cm³/mol. The molecular formula is C13H19NOS. The monoisotopic (exact) mass is 237 g/mol. The van der Waals surface area contributed by atoms with Crippen LogP contribution in [0.1, 0.15) is 24.5 Å². The Labute approximate surface area is 103 Å². The van der Waals surface area contributed by atoms with E-state index in [2.05, 4.69) is 49.1 Å². The van der Waals surface area contributed by atoms with E-state index >= 15 is 0 Å². The Kier molecular flexibility index (Phi) is 6.01. The predicted octanol–water partition coefficient (Wildman–Crippen LogP) is 2.23. The second-order valence-electron chi connectivity index (χ2n) is 3.82. The van der Waals surface area contributed by atoms with Crippen molar-refractivity contribution in [3.8, 4) is 0 Å². The van der Waals surface area contributed by atoms with Crippen LogP contribution >= 0.6 is 12.6 Å². The van der Waals surface area contributed by atoms with Gasteiger partial charge in [0.25, 0.3) is 0 Å². The first-order chi connectivity index (χ1) is 7.76. The summed E-state index contributed by atoms with van der Waals surface area (Å²) in [6.07, 6.45) is 3.19. The van der Waals surface area contributed by atoms with E-state index in [1.165, 1.54) is 17.5 Å². The number of carbonyl (C=O) groups excluding carboxylic acids is 1. The van der Waals surface area contributed by atoms with Crippen LogP contribution in [0.3, 0.4) is 0 Å². The van der Waals surface area contributed by atoms with E-state index in [-0.39, 0.29) is 11.7 Å². The third-order valence-electron chi connectivity index (χ3n) is 2.44. The molecule has 1 aromatic rings. The summed E-state index contributed by atoms with van der Waals surface area (Å²) in [5.74, 6) is 0.251. The van der Waals surface area contributed by atoms with Gasteiger partial charge in [-0.1, -0.05) is 37.6 Å². The Morgan fingerprint density at radius 3 is 2.25 bits per heavy atom. The molecular weight excluding hydrogens is 218 g/mol. The van der Waals surface area contributed by atoms with E-state index in [1.807, 2.05) is 0 Å². The number of rotatable bonds is 6. The molecule has 0 saturated heterocycles. The zero-order valence-corrected chi connectivity index (χ0v) is 10.6. The molecule has 1 amide bonds. The van der Waals surface area contributed by atoms with Crippen molar-refractivity contribution in [2.45, 2.75) is 26.2 Å². The molecule has 0 aromatic heterocycles. The van der Waals surface area contributed by atoms with E-state index < -0.39 is 0 Å². The molecule has 2 nitrogen and oxygen atoms in total. The van der Waals surface area contributed by atoms with Crippen LogP contribution in [0.15, 0.2) is 24.3 Å². The average molecular weight is 237 g/mol. The minimum Gasteiger partial charge on any atom is -0.355 e. The van der Waals surface area contributed by atoms with Crippen molar-refractivity contribution in [2.24, 2.45) is 0 Å². The van der Waals surface area contributed by atoms with Crippen LogP contribution in [-0.4, -0.2) is 18.2 Å². The number of hydrogen-bond donors (Lipinski definition) is 2. The molecule has 0 radical (unpaired) electrons. The van der Waals surface area contributed by atoms with Gasteiger partial charge in [0.2, 0.25) is 5.91 Å². The lowest BCUT2D eigenvalue weighted by Crippen LogP contribution is -2.26. The standard InChI is InChI=1S/C13H19NOS/c1-2-3-11-4-6-12(7-5-11)8-9-14-13(15)10-16/h4-7,16H,2-3,8-10H2,1H3,(H,14,15). The fraction of sp³-hybridized carbons (Fsp3) is 0.462. The number of thiol groups is 1. The lowest BCUT2D eigenvalue weighted by molar-refractivity contribution is -0.118. The fourth-order valence-electron chi connectivity index (χ4n) is 1.56. The largest absolute Gasteiger partial charge is 0.355 e. The minimum absolute atomic E-state index is 0.00839. The molecule has 0 heterocycles. The Morgan fingerprint density at radius 1 is 1.19 bits per heavy atom. The number of carbonyl (C=O) groups is 1. The van der Waals surface area contributed by atoms with Crippen molar-refractivity contribution < 1.29 is 4.79 Å². The van der Waals surface area contributed by atoms with Crippen LogP contribution in [-0.2, 0) is 17.6 Å². The first-order valence-electron chi connectivity index (χ1n) is 5.71. The van der Waals surface area contributed by atoms with Gasteiger partial charge in [0, 0.05) is 6.54 Å². The second-order valence-corrected chi connectivity index (χ2v) is 4.14. The summed E-state index contributed by atoms with van der Waals surface area (Å²) in [5.41, 5.74) is 2.64. The highest BCUT2D eigenvalue weighted by molar-refractivity contribution is 7.81. The van der Waals surface area contributed by atoms with Gasteiger partial charge in [-0.15, -0.1) is 0 Å². The summed E-state index contributed by atoms with van der Waals surface area (Å²) in [7, 11) is 0. The number of hydrogen-bond acceptors (Lipinski definition) is 2. The summed E-state index contributed by atoms with van der Waals surface area (Å²) >= 11 is 3.90. The summed E-state index contributed by atoms with van der Waals surface area (Å²) in [4.78, 5) is 11.0. The van der Waals surface area contributed by atoms with Crippen molar-refractivity contribution >= 4 is 18.5 Å². The molecule has 3 heteroatoms. The van der Waals surface area contributed by atoms with E-state index in [4.69, 9.17) is 0 Å². The number of benzene rings is 1. The van der Waals surface area contributed by atoms with Crippen molar-refractivity contribution in [2.75, 3.05) is 12.3 Å². The first-order valence-corrected chi connectivity index (χ1v) is 6.35. The van der Waals surface area contributed by atoms with Crippen molar-refractivity contribution in [1.82, 2.24) is 5.32 Å². The zero-order valence-electron chi connectivity index (χ0n) is 9.70. The highest BCUT2D eigenvalue weighted by Gasteiger charge is 1.97. The van der Waals surface area contributed by atoms with Crippen LogP contribution < -0.4 is 5.32 Å². The van der Waals surface area contributed by atoms with Gasteiger partial charge in [-0.25, -0.2) is 0 Å². The second kappa shape index (κ2) is 7.34. The molecule has 0 aliphatic rings. The quantitative estimate of drug-likeness (QED) is 0.730. The van der Waals surface area contributed by atoms with Gasteiger partial charge in [0.1, 0.15) is 0 Å². The zero-order chi connectivity index (χ0) is 11.8. The van der Waals surface area contributed by atoms with Crippen LogP contribution in [0, 0.1) is 0 Å². The molecule has 16 heavy (non-hydrogen) atoms. The Balaban J connectivity index is 2.34. The van der Waals surface area contributed by atoms with E-state index in [9.17, 15) is 4.79 Å². The molecule has 0 spiro atoms. The third-order valence-corrected chi connectivity index (χ3v) is 2.73. The summed E-state index contributed by atoms with van der Waals surface area (Å²) < 4.78 is 0. The topological polar surface area (TPSA) is 29.1 Å². The SMILES string of the molecule is CCCc1ccc(CCNC(=O)CS)cc1. The van der Waals surface area contributed by atoms with Crippen LogP contribution in [0.4, 0.5) is 0 Å². The van der Waals surface area contributed by atoms with Gasteiger partial charge in [0.15, 0.2) is 0 Å². The molecule has 0 bridgehead atoms. The number of nitrogens with one attached hydrogen (secondary N) is 1. The molecule has 0 atom stereocenters. The molecule has 0 unspecified atom stereocenters. The first kappa shape index (κ1) is 13.1. The van der Waals surface area contributed by atoms with Gasteiger partial charge in [-0.2, -0.15) is 12.6 Å². The van der Waals surface area contributed by atoms with Gasteiger partial charge in [0.05, 0.1) is 5.75 Å². The molecule has 1 N–H and O–H groups in total. The maximum Gasteiger partial charge on any atom is 0.229 e. The normalized spacial score (nSPS) is 10.1. The summed E-state index contributed by atoms with van der Waals surface area (Å²) in [6.45, 7) is 2.87. The van der Waals surface area contributed by atoms with E-state index in [1.54, 1.807) is 0 Å². The number of amides is 1. The molecule has 0 fully saturated rings. The molecule has 0 saturated carbocycles. The Bertz CT molecular complexity index is 321. The molecule has 0 aliphatic heterocycles. The van der Waals surface area contributed by atoms with E-state index in [0.29, 0.717) is 6.54 Å². The maximum absolute atomic E-state index is 11.0. The van der Waals surface area contributed by atoms with Crippen LogP contribution in [0.25, 0.3) is 0 Å². The van der Waals surface area contributed by atoms with Crippen LogP contribution in [0.5, 0.6) is 0 Å². The van der Waals surface area contributed by atoms with Gasteiger partial charge in [-0.05, 0) is 24.0 Å². The molecule has 0 aliphatic carbocycles.